The van der Waals surface area contributed by atoms with E-state index in [1.165, 1.54) is 18.2 Å². The molecule has 0 aliphatic carbocycles. The summed E-state index contributed by atoms with van der Waals surface area (Å²) in [4.78, 5) is -0.281. The number of aryl methyl sites for hydroxylation is 1. The van der Waals surface area contributed by atoms with E-state index in [1.54, 1.807) is 12.1 Å². The van der Waals surface area contributed by atoms with Gasteiger partial charge in [-0.25, -0.2) is 0 Å². The summed E-state index contributed by atoms with van der Waals surface area (Å²) in [6, 6.07) is 9.45. The quantitative estimate of drug-likeness (QED) is 0.508. The Balaban J connectivity index is 2.46. The summed E-state index contributed by atoms with van der Waals surface area (Å²) in [5.41, 5.74) is 13.9. The molecule has 2 aromatic rings. The molecular weight excluding hydrogens is 278 g/mol. The van der Waals surface area contributed by atoms with Gasteiger partial charge in [0.15, 0.2) is 0 Å². The number of hydrogen-bond donors (Lipinski definition) is 4. The van der Waals surface area contributed by atoms with Crippen molar-refractivity contribution in [2.45, 2.75) is 11.8 Å². The molecule has 0 bridgehead atoms. The first-order valence-corrected chi connectivity index (χ1v) is 7.21. The second-order valence-corrected chi connectivity index (χ2v) is 5.82. The van der Waals surface area contributed by atoms with Crippen LogP contribution in [0.1, 0.15) is 5.56 Å². The normalized spacial score (nSPS) is 11.3. The second kappa shape index (κ2) is 5.03. The fourth-order valence-corrected chi connectivity index (χ4v) is 2.41. The second-order valence-electron chi connectivity index (χ2n) is 4.43. The van der Waals surface area contributed by atoms with Gasteiger partial charge in [0.2, 0.25) is 0 Å². The van der Waals surface area contributed by atoms with Crippen LogP contribution in [-0.2, 0) is 10.1 Å². The SMILES string of the molecule is Cc1ccc(Nc2ccc(N)cc2S(=O)(=O)O)cc1N. The fourth-order valence-electron chi connectivity index (χ4n) is 1.73. The summed E-state index contributed by atoms with van der Waals surface area (Å²) >= 11 is 0. The average molecular weight is 293 g/mol. The highest BCUT2D eigenvalue weighted by molar-refractivity contribution is 7.86. The minimum atomic E-state index is -4.37. The zero-order valence-corrected chi connectivity index (χ0v) is 11.6. The Hall–Kier alpha value is -2.25. The lowest BCUT2D eigenvalue weighted by Crippen LogP contribution is -2.04. The molecule has 0 amide bonds. The molecule has 106 valence electrons. The zero-order valence-electron chi connectivity index (χ0n) is 10.8. The number of nitrogens with two attached hydrogens (primary N) is 2. The molecule has 2 rings (SSSR count). The Morgan fingerprint density at radius 1 is 1.10 bits per heavy atom. The maximum absolute atomic E-state index is 11.4. The van der Waals surface area contributed by atoms with Crippen LogP contribution >= 0.6 is 0 Å². The third-order valence-electron chi connectivity index (χ3n) is 2.84. The first kappa shape index (κ1) is 14.2. The predicted molar refractivity (Wildman–Crippen MR) is 79.5 cm³/mol. The Morgan fingerprint density at radius 2 is 1.80 bits per heavy atom. The molecule has 20 heavy (non-hydrogen) atoms. The van der Waals surface area contributed by atoms with Crippen LogP contribution in [0.2, 0.25) is 0 Å². The van der Waals surface area contributed by atoms with E-state index in [9.17, 15) is 13.0 Å². The van der Waals surface area contributed by atoms with E-state index in [2.05, 4.69) is 5.32 Å². The highest BCUT2D eigenvalue weighted by atomic mass is 32.2. The van der Waals surface area contributed by atoms with Crippen LogP contribution in [-0.4, -0.2) is 13.0 Å². The van der Waals surface area contributed by atoms with E-state index >= 15 is 0 Å². The summed E-state index contributed by atoms with van der Waals surface area (Å²) in [7, 11) is -4.37. The molecule has 6 N–H and O–H groups in total. The van der Waals surface area contributed by atoms with E-state index in [0.29, 0.717) is 11.4 Å². The number of anilines is 4. The number of nitrogens with one attached hydrogen (secondary N) is 1. The van der Waals surface area contributed by atoms with Gasteiger partial charge in [0.1, 0.15) is 4.90 Å². The largest absolute Gasteiger partial charge is 0.399 e. The number of hydrogen-bond acceptors (Lipinski definition) is 5. The Kier molecular flexibility index (Phi) is 3.56. The van der Waals surface area contributed by atoms with Gasteiger partial charge in [0.25, 0.3) is 10.1 Å². The van der Waals surface area contributed by atoms with Crippen LogP contribution in [0.4, 0.5) is 22.7 Å². The Bertz CT molecular complexity index is 757. The van der Waals surface area contributed by atoms with Gasteiger partial charge >= 0.3 is 0 Å². The van der Waals surface area contributed by atoms with Crippen molar-refractivity contribution in [3.05, 3.63) is 42.0 Å². The molecule has 0 saturated heterocycles. The molecule has 0 aromatic heterocycles. The van der Waals surface area contributed by atoms with Crippen molar-refractivity contribution in [3.63, 3.8) is 0 Å². The van der Waals surface area contributed by atoms with E-state index < -0.39 is 10.1 Å². The first-order chi connectivity index (χ1) is 9.27. The van der Waals surface area contributed by atoms with Crippen LogP contribution in [0.15, 0.2) is 41.3 Å². The molecule has 2 aromatic carbocycles. The molecule has 0 aliphatic rings. The van der Waals surface area contributed by atoms with Crippen LogP contribution < -0.4 is 16.8 Å². The van der Waals surface area contributed by atoms with Gasteiger partial charge in [-0.05, 0) is 42.8 Å². The zero-order chi connectivity index (χ0) is 14.9. The fraction of sp³-hybridized carbons (Fsp3) is 0.0769. The Labute approximate surface area is 117 Å². The molecular formula is C13H15N3O3S. The minimum Gasteiger partial charge on any atom is -0.399 e. The predicted octanol–water partition coefficient (Wildman–Crippen LogP) is 2.15. The molecule has 0 fully saturated rings. The van der Waals surface area contributed by atoms with Crippen molar-refractivity contribution in [1.29, 1.82) is 0 Å². The molecule has 6 nitrogen and oxygen atoms in total. The van der Waals surface area contributed by atoms with Crippen LogP contribution in [0.5, 0.6) is 0 Å². The highest BCUT2D eigenvalue weighted by Crippen LogP contribution is 2.28. The van der Waals surface area contributed by atoms with Crippen LogP contribution in [0, 0.1) is 6.92 Å². The average Bonchev–Trinajstić information content (AvgIpc) is 2.35. The molecule has 0 saturated carbocycles. The van der Waals surface area contributed by atoms with E-state index in [0.717, 1.165) is 5.56 Å². The van der Waals surface area contributed by atoms with Gasteiger partial charge in [-0.3, -0.25) is 4.55 Å². The van der Waals surface area contributed by atoms with E-state index in [1.807, 2.05) is 13.0 Å². The lowest BCUT2D eigenvalue weighted by molar-refractivity contribution is 0.483. The summed E-state index contributed by atoms with van der Waals surface area (Å²) in [5.74, 6) is 0. The molecule has 0 spiro atoms. The van der Waals surface area contributed by atoms with Crippen molar-refractivity contribution in [1.82, 2.24) is 0 Å². The van der Waals surface area contributed by atoms with Crippen molar-refractivity contribution in [2.24, 2.45) is 0 Å². The van der Waals surface area contributed by atoms with Crippen LogP contribution in [0.25, 0.3) is 0 Å². The molecule has 7 heteroatoms. The lowest BCUT2D eigenvalue weighted by atomic mass is 10.2. The highest BCUT2D eigenvalue weighted by Gasteiger charge is 2.16. The Morgan fingerprint density at radius 3 is 2.40 bits per heavy atom. The van der Waals surface area contributed by atoms with Crippen molar-refractivity contribution in [3.8, 4) is 0 Å². The molecule has 0 radical (unpaired) electrons. The maximum Gasteiger partial charge on any atom is 0.296 e. The van der Waals surface area contributed by atoms with Gasteiger partial charge in [-0.15, -0.1) is 0 Å². The topological polar surface area (TPSA) is 118 Å². The summed E-state index contributed by atoms with van der Waals surface area (Å²) in [6.45, 7) is 1.87. The van der Waals surface area contributed by atoms with Gasteiger partial charge in [0.05, 0.1) is 5.69 Å². The minimum absolute atomic E-state index is 0.227. The number of benzene rings is 2. The van der Waals surface area contributed by atoms with Gasteiger partial charge in [-0.2, -0.15) is 8.42 Å². The molecule has 0 atom stereocenters. The van der Waals surface area contributed by atoms with Gasteiger partial charge in [-0.1, -0.05) is 6.07 Å². The molecule has 0 aliphatic heterocycles. The summed E-state index contributed by atoms with van der Waals surface area (Å²) in [6.07, 6.45) is 0. The third kappa shape index (κ3) is 3.01. The molecule has 0 unspecified atom stereocenters. The van der Waals surface area contributed by atoms with Gasteiger partial charge < -0.3 is 16.8 Å². The lowest BCUT2D eigenvalue weighted by Gasteiger charge is -2.12. The molecule has 0 heterocycles. The number of rotatable bonds is 3. The van der Waals surface area contributed by atoms with E-state index in [4.69, 9.17) is 11.5 Å². The summed E-state index contributed by atoms with van der Waals surface area (Å²) < 4.78 is 31.9. The first-order valence-electron chi connectivity index (χ1n) is 5.77. The van der Waals surface area contributed by atoms with Crippen molar-refractivity contribution in [2.75, 3.05) is 16.8 Å². The standard InChI is InChI=1S/C13H15N3O3S/c1-8-2-4-10(7-11(8)15)16-12-5-3-9(14)6-13(12)20(17,18)19/h2-7,16H,14-15H2,1H3,(H,17,18,19). The van der Waals surface area contributed by atoms with E-state index in [-0.39, 0.29) is 16.3 Å². The summed E-state index contributed by atoms with van der Waals surface area (Å²) in [5, 5.41) is 2.90. The van der Waals surface area contributed by atoms with Gasteiger partial charge in [0, 0.05) is 17.1 Å². The third-order valence-corrected chi connectivity index (χ3v) is 3.74. The van der Waals surface area contributed by atoms with Crippen molar-refractivity contribution >= 4 is 32.9 Å². The number of nitrogen functional groups attached to an aromatic ring is 2. The smallest absolute Gasteiger partial charge is 0.296 e. The maximum atomic E-state index is 11.4. The van der Waals surface area contributed by atoms with Crippen LogP contribution in [0.3, 0.4) is 0 Å². The monoisotopic (exact) mass is 293 g/mol. The van der Waals surface area contributed by atoms with Crippen molar-refractivity contribution < 1.29 is 13.0 Å².